The monoisotopic (exact) mass is 328 g/mol. The second kappa shape index (κ2) is 6.39. The molecule has 0 aromatic rings. The summed E-state index contributed by atoms with van der Waals surface area (Å²) in [6.45, 7) is 0.229. The molecule has 1 amide bonds. The highest BCUT2D eigenvalue weighted by atomic mass is 35.5. The number of carbonyl (C=O) groups is 3. The molecule has 1 aliphatic carbocycles. The number of halogens is 1. The topological polar surface area (TPSA) is 110 Å². The van der Waals surface area contributed by atoms with Crippen LogP contribution in [0.4, 0.5) is 0 Å². The van der Waals surface area contributed by atoms with Gasteiger partial charge in [0.15, 0.2) is 5.78 Å². The molecule has 2 unspecified atom stereocenters. The summed E-state index contributed by atoms with van der Waals surface area (Å²) in [6.07, 6.45) is 1.97. The maximum Gasteiger partial charge on any atom is 0.305 e. The lowest BCUT2D eigenvalue weighted by Crippen LogP contribution is -2.41. The Labute approximate surface area is 132 Å². The minimum atomic E-state index is -1.05. The van der Waals surface area contributed by atoms with Gasteiger partial charge in [0.1, 0.15) is 17.2 Å². The van der Waals surface area contributed by atoms with Crippen LogP contribution >= 0.6 is 11.6 Å². The van der Waals surface area contributed by atoms with Crippen LogP contribution in [0.25, 0.3) is 0 Å². The number of Topliss-reactive ketones (excluding diaryl/α,β-unsaturated/α-hetero) is 1. The van der Waals surface area contributed by atoms with Gasteiger partial charge in [-0.3, -0.25) is 14.4 Å². The Hall–Kier alpha value is -2.02. The van der Waals surface area contributed by atoms with Gasteiger partial charge in [-0.2, -0.15) is 0 Å². The quantitative estimate of drug-likeness (QED) is 0.558. The van der Waals surface area contributed by atoms with E-state index in [1.807, 2.05) is 0 Å². The fraction of sp³-hybridized carbons (Fsp3) is 0.500. The van der Waals surface area contributed by atoms with Crippen molar-refractivity contribution in [3.63, 3.8) is 0 Å². The van der Waals surface area contributed by atoms with E-state index in [1.54, 1.807) is 11.1 Å². The number of fused-ring (bicyclic) bond motifs is 1. The molecule has 0 spiro atoms. The highest BCUT2D eigenvalue weighted by molar-refractivity contribution is 6.33. The van der Waals surface area contributed by atoms with E-state index in [0.29, 0.717) is 11.1 Å². The molecule has 2 rings (SSSR count). The van der Waals surface area contributed by atoms with E-state index in [9.17, 15) is 19.5 Å². The van der Waals surface area contributed by atoms with Gasteiger partial charge < -0.3 is 20.5 Å². The number of alkyl halides is 1. The first-order valence-electron chi connectivity index (χ1n) is 6.77. The van der Waals surface area contributed by atoms with E-state index >= 15 is 0 Å². The Kier molecular flexibility index (Phi) is 4.75. The lowest BCUT2D eigenvalue weighted by Gasteiger charge is -2.25. The van der Waals surface area contributed by atoms with Gasteiger partial charge in [0.25, 0.3) is 0 Å². The second-order valence-electron chi connectivity index (χ2n) is 5.23. The number of nitrogens with two attached hydrogens (primary N) is 1. The van der Waals surface area contributed by atoms with E-state index in [1.165, 1.54) is 7.11 Å². The van der Waals surface area contributed by atoms with Crippen molar-refractivity contribution in [2.24, 2.45) is 5.73 Å². The molecule has 8 heteroatoms. The molecule has 0 saturated heterocycles. The van der Waals surface area contributed by atoms with Crippen molar-refractivity contribution in [3.8, 4) is 0 Å². The Balaban J connectivity index is 2.18. The van der Waals surface area contributed by atoms with Crippen molar-refractivity contribution in [2.45, 2.75) is 30.7 Å². The fourth-order valence-electron chi connectivity index (χ4n) is 2.62. The van der Waals surface area contributed by atoms with Crippen LogP contribution in [0, 0.1) is 0 Å². The minimum Gasteiger partial charge on any atom is -0.510 e. The van der Waals surface area contributed by atoms with Gasteiger partial charge >= 0.3 is 5.97 Å². The molecule has 0 bridgehead atoms. The number of esters is 1. The van der Waals surface area contributed by atoms with Crippen LogP contribution in [-0.2, 0) is 19.1 Å². The lowest BCUT2D eigenvalue weighted by molar-refractivity contribution is -0.141. The third kappa shape index (κ3) is 3.09. The molecule has 0 aromatic heterocycles. The summed E-state index contributed by atoms with van der Waals surface area (Å²) in [4.78, 5) is 36.1. The zero-order valence-corrected chi connectivity index (χ0v) is 12.8. The normalized spacial score (nSPS) is 22.3. The van der Waals surface area contributed by atoms with Crippen LogP contribution in [0.2, 0.25) is 0 Å². The molecule has 0 radical (unpaired) electrons. The number of rotatable bonds is 5. The van der Waals surface area contributed by atoms with Gasteiger partial charge in [-0.05, 0) is 12.0 Å². The number of primary amides is 1. The van der Waals surface area contributed by atoms with Crippen molar-refractivity contribution in [1.82, 2.24) is 4.90 Å². The van der Waals surface area contributed by atoms with Crippen LogP contribution in [0.5, 0.6) is 0 Å². The standard InChI is InChI=1S/C14H17ClN2O5/c1-22-11(19)3-2-9(14(16)21)17-5-7-4-10(18)12(15)13(20)8(7)6-17/h5,9,12,20H,2-4,6H2,1H3,(H2,16,21). The summed E-state index contributed by atoms with van der Waals surface area (Å²) in [5.74, 6) is -1.49. The van der Waals surface area contributed by atoms with Gasteiger partial charge in [0.2, 0.25) is 5.91 Å². The smallest absolute Gasteiger partial charge is 0.305 e. The van der Waals surface area contributed by atoms with Crippen molar-refractivity contribution in [1.29, 1.82) is 0 Å². The van der Waals surface area contributed by atoms with E-state index in [4.69, 9.17) is 17.3 Å². The predicted octanol–water partition coefficient (Wildman–Crippen LogP) is 0.385. The average Bonchev–Trinajstić information content (AvgIpc) is 2.88. The number of allylic oxidation sites excluding steroid dienone is 1. The summed E-state index contributed by atoms with van der Waals surface area (Å²) in [7, 11) is 1.27. The zero-order chi connectivity index (χ0) is 16.4. The number of amides is 1. The molecule has 2 atom stereocenters. The summed E-state index contributed by atoms with van der Waals surface area (Å²) in [5, 5.41) is 8.93. The van der Waals surface area contributed by atoms with Crippen molar-refractivity contribution >= 4 is 29.3 Å². The Bertz CT molecular complexity index is 584. The largest absolute Gasteiger partial charge is 0.510 e. The van der Waals surface area contributed by atoms with Crippen molar-refractivity contribution in [2.75, 3.05) is 13.7 Å². The van der Waals surface area contributed by atoms with Crippen molar-refractivity contribution < 1.29 is 24.2 Å². The number of methoxy groups -OCH3 is 1. The lowest BCUT2D eigenvalue weighted by atomic mass is 9.93. The van der Waals surface area contributed by atoms with Crippen LogP contribution in [0.1, 0.15) is 19.3 Å². The summed E-state index contributed by atoms with van der Waals surface area (Å²) in [5.41, 5.74) is 6.56. The summed E-state index contributed by atoms with van der Waals surface area (Å²) >= 11 is 5.84. The van der Waals surface area contributed by atoms with Crippen molar-refractivity contribution in [3.05, 3.63) is 23.1 Å². The van der Waals surface area contributed by atoms with Crippen LogP contribution in [0.3, 0.4) is 0 Å². The Morgan fingerprint density at radius 1 is 1.59 bits per heavy atom. The third-order valence-electron chi connectivity index (χ3n) is 3.82. The number of hydrogen-bond donors (Lipinski definition) is 2. The molecular formula is C14H17ClN2O5. The minimum absolute atomic E-state index is 0.0475. The zero-order valence-electron chi connectivity index (χ0n) is 12.0. The van der Waals surface area contributed by atoms with E-state index in [0.717, 1.165) is 0 Å². The van der Waals surface area contributed by atoms with Gasteiger partial charge in [-0.25, -0.2) is 0 Å². The van der Waals surface area contributed by atoms with E-state index in [2.05, 4.69) is 4.74 Å². The molecule has 22 heavy (non-hydrogen) atoms. The van der Waals surface area contributed by atoms with Gasteiger partial charge in [0, 0.05) is 31.2 Å². The molecule has 2 aliphatic rings. The number of ketones is 1. The molecule has 1 aliphatic heterocycles. The van der Waals surface area contributed by atoms with Gasteiger partial charge in [0.05, 0.1) is 7.11 Å². The molecule has 0 aromatic carbocycles. The maximum absolute atomic E-state index is 11.7. The molecular weight excluding hydrogens is 312 g/mol. The average molecular weight is 329 g/mol. The number of aliphatic hydroxyl groups excluding tert-OH is 1. The molecule has 7 nitrogen and oxygen atoms in total. The van der Waals surface area contributed by atoms with E-state index in [-0.39, 0.29) is 37.3 Å². The first-order chi connectivity index (χ1) is 10.3. The second-order valence-corrected chi connectivity index (χ2v) is 5.67. The number of nitrogens with zero attached hydrogens (tertiary/aromatic N) is 1. The number of carbonyl (C=O) groups excluding carboxylic acids is 3. The van der Waals surface area contributed by atoms with E-state index < -0.39 is 23.3 Å². The highest BCUT2D eigenvalue weighted by Crippen LogP contribution is 2.35. The number of aliphatic hydroxyl groups is 1. The summed E-state index contributed by atoms with van der Waals surface area (Å²) in [6, 6.07) is -0.721. The Morgan fingerprint density at radius 2 is 2.27 bits per heavy atom. The molecule has 3 N–H and O–H groups in total. The third-order valence-corrected chi connectivity index (χ3v) is 4.28. The van der Waals surface area contributed by atoms with Gasteiger partial charge in [-0.15, -0.1) is 11.6 Å². The molecule has 1 heterocycles. The summed E-state index contributed by atoms with van der Waals surface area (Å²) < 4.78 is 4.55. The SMILES string of the molecule is COC(=O)CCC(C(N)=O)N1C=C2CC(=O)C(Cl)C(O)=C2C1. The van der Waals surface area contributed by atoms with Crippen LogP contribution in [-0.4, -0.2) is 52.7 Å². The first kappa shape index (κ1) is 16.4. The fourth-order valence-corrected chi connectivity index (χ4v) is 2.83. The molecule has 0 saturated carbocycles. The molecule has 0 fully saturated rings. The number of hydrogen-bond acceptors (Lipinski definition) is 6. The Morgan fingerprint density at radius 3 is 2.86 bits per heavy atom. The molecule has 120 valence electrons. The maximum atomic E-state index is 11.7. The van der Waals surface area contributed by atoms with Crippen LogP contribution < -0.4 is 5.73 Å². The number of ether oxygens (including phenoxy) is 1. The first-order valence-corrected chi connectivity index (χ1v) is 7.20. The van der Waals surface area contributed by atoms with Gasteiger partial charge in [-0.1, -0.05) is 0 Å². The highest BCUT2D eigenvalue weighted by Gasteiger charge is 2.37. The van der Waals surface area contributed by atoms with Crippen LogP contribution in [0.15, 0.2) is 23.1 Å². The predicted molar refractivity (Wildman–Crippen MR) is 77.9 cm³/mol.